The lowest BCUT2D eigenvalue weighted by Crippen LogP contribution is -2.50. The number of hydrogen-bond acceptors (Lipinski definition) is 3. The molecule has 0 aromatic heterocycles. The lowest BCUT2D eigenvalue weighted by molar-refractivity contribution is 0.122. The first-order valence-electron chi connectivity index (χ1n) is 7.76. The van der Waals surface area contributed by atoms with Gasteiger partial charge in [0.25, 0.3) is 0 Å². The second-order valence-corrected chi connectivity index (χ2v) is 6.08. The van der Waals surface area contributed by atoms with Gasteiger partial charge in [0.05, 0.1) is 11.5 Å². The van der Waals surface area contributed by atoms with E-state index in [1.165, 1.54) is 5.56 Å². The Morgan fingerprint density at radius 3 is 2.35 bits per heavy atom. The third-order valence-electron chi connectivity index (χ3n) is 5.02. The van der Waals surface area contributed by atoms with E-state index in [2.05, 4.69) is 40.6 Å². The van der Waals surface area contributed by atoms with Gasteiger partial charge in [-0.25, -0.2) is 0 Å². The maximum Gasteiger partial charge on any atom is 0.0823 e. The summed E-state index contributed by atoms with van der Waals surface area (Å²) in [5, 5.41) is 13.1. The lowest BCUT2D eigenvalue weighted by atomic mass is 9.69. The fraction of sp³-hybridized carbons (Fsp3) is 0.588. The van der Waals surface area contributed by atoms with Crippen molar-refractivity contribution in [3.63, 3.8) is 0 Å². The van der Waals surface area contributed by atoms with E-state index in [-0.39, 0.29) is 5.41 Å². The minimum absolute atomic E-state index is 0.244. The monoisotopic (exact) mass is 269 g/mol. The maximum atomic E-state index is 9.72. The van der Waals surface area contributed by atoms with Crippen LogP contribution in [0.1, 0.15) is 31.2 Å². The lowest BCUT2D eigenvalue weighted by Gasteiger charge is -2.42. The normalized spacial score (nSPS) is 31.6. The topological polar surface area (TPSA) is 39.1 Å². The van der Waals surface area contributed by atoms with Crippen LogP contribution in [0.3, 0.4) is 0 Å². The molecule has 2 aliphatic rings. The first kappa shape index (κ1) is 13.6. The van der Waals surface area contributed by atoms with Gasteiger partial charge >= 0.3 is 0 Å². The minimum Gasteiger partial charge on any atom is -0.314 e. The molecule has 0 amide bonds. The predicted octanol–water partition coefficient (Wildman–Crippen LogP) is 2.30. The zero-order valence-corrected chi connectivity index (χ0v) is 12.0. The summed E-state index contributed by atoms with van der Waals surface area (Å²) in [6.45, 7) is 4.54. The molecule has 0 spiro atoms. The van der Waals surface area contributed by atoms with E-state index in [0.29, 0.717) is 6.04 Å². The molecule has 2 fully saturated rings. The third-order valence-corrected chi connectivity index (χ3v) is 5.02. The van der Waals surface area contributed by atoms with Crippen molar-refractivity contribution in [2.75, 3.05) is 26.2 Å². The Kier molecular flexibility index (Phi) is 4.05. The van der Waals surface area contributed by atoms with E-state index >= 15 is 0 Å². The van der Waals surface area contributed by atoms with Crippen molar-refractivity contribution in [2.45, 2.75) is 37.1 Å². The van der Waals surface area contributed by atoms with Crippen molar-refractivity contribution < 1.29 is 0 Å². The van der Waals surface area contributed by atoms with Gasteiger partial charge in [0, 0.05) is 32.2 Å². The molecule has 106 valence electrons. The Hall–Kier alpha value is -1.37. The average molecular weight is 269 g/mol. The van der Waals surface area contributed by atoms with Crippen LogP contribution in [0.25, 0.3) is 0 Å². The van der Waals surface area contributed by atoms with Crippen molar-refractivity contribution in [1.29, 1.82) is 5.26 Å². The highest BCUT2D eigenvalue weighted by Gasteiger charge is 2.38. The van der Waals surface area contributed by atoms with Crippen molar-refractivity contribution in [2.24, 2.45) is 0 Å². The fourth-order valence-corrected chi connectivity index (χ4v) is 3.73. The van der Waals surface area contributed by atoms with E-state index in [1.807, 2.05) is 6.07 Å². The molecule has 20 heavy (non-hydrogen) atoms. The summed E-state index contributed by atoms with van der Waals surface area (Å²) in [6.07, 6.45) is 4.31. The third kappa shape index (κ3) is 2.59. The fourth-order valence-electron chi connectivity index (χ4n) is 3.73. The standard InChI is InChI=1S/C17H23N3/c18-14-17(15-4-2-1-3-5-15)8-6-16(7-9-17)20-12-10-19-11-13-20/h1-5,16,19H,6-13H2/t16-,17-. The van der Waals surface area contributed by atoms with Crippen LogP contribution in [0.2, 0.25) is 0 Å². The zero-order valence-electron chi connectivity index (χ0n) is 12.0. The summed E-state index contributed by atoms with van der Waals surface area (Å²) in [5.41, 5.74) is 0.965. The molecule has 1 aliphatic heterocycles. The number of benzene rings is 1. The number of hydrogen-bond donors (Lipinski definition) is 1. The van der Waals surface area contributed by atoms with Crippen molar-refractivity contribution in [3.05, 3.63) is 35.9 Å². The molecule has 3 nitrogen and oxygen atoms in total. The van der Waals surface area contributed by atoms with Crippen molar-refractivity contribution in [1.82, 2.24) is 10.2 Å². The molecule has 1 aromatic rings. The molecule has 0 unspecified atom stereocenters. The van der Waals surface area contributed by atoms with Gasteiger partial charge in [0.15, 0.2) is 0 Å². The van der Waals surface area contributed by atoms with Gasteiger partial charge in [-0.2, -0.15) is 5.26 Å². The predicted molar refractivity (Wildman–Crippen MR) is 80.4 cm³/mol. The smallest absolute Gasteiger partial charge is 0.0823 e. The molecule has 1 N–H and O–H groups in total. The highest BCUT2D eigenvalue weighted by Crippen LogP contribution is 2.40. The average Bonchev–Trinajstić information content (AvgIpc) is 2.56. The first-order chi connectivity index (χ1) is 9.84. The van der Waals surface area contributed by atoms with Crippen LogP contribution >= 0.6 is 0 Å². The Labute approximate surface area is 121 Å². The van der Waals surface area contributed by atoms with Crippen LogP contribution in [-0.4, -0.2) is 37.1 Å². The molecule has 1 heterocycles. The van der Waals surface area contributed by atoms with Gasteiger partial charge in [0.1, 0.15) is 0 Å². The van der Waals surface area contributed by atoms with Gasteiger partial charge in [-0.1, -0.05) is 30.3 Å². The maximum absolute atomic E-state index is 9.72. The molecular weight excluding hydrogens is 246 g/mol. The van der Waals surface area contributed by atoms with Gasteiger partial charge in [0.2, 0.25) is 0 Å². The molecule has 3 rings (SSSR count). The number of rotatable bonds is 2. The number of piperazine rings is 1. The van der Waals surface area contributed by atoms with E-state index in [9.17, 15) is 5.26 Å². The quantitative estimate of drug-likeness (QED) is 0.895. The van der Waals surface area contributed by atoms with E-state index in [1.54, 1.807) is 0 Å². The molecule has 0 radical (unpaired) electrons. The highest BCUT2D eigenvalue weighted by molar-refractivity contribution is 5.33. The minimum atomic E-state index is -0.244. The molecular formula is C17H23N3. The van der Waals surface area contributed by atoms with E-state index < -0.39 is 0 Å². The SMILES string of the molecule is N#C[C@]1(c2ccccc2)CC[C@H](N2CCNCC2)CC1. The molecule has 1 saturated heterocycles. The summed E-state index contributed by atoms with van der Waals surface area (Å²) >= 11 is 0. The molecule has 1 aliphatic carbocycles. The number of nitriles is 1. The first-order valence-corrected chi connectivity index (χ1v) is 7.76. The van der Waals surface area contributed by atoms with Crippen LogP contribution in [0.15, 0.2) is 30.3 Å². The van der Waals surface area contributed by atoms with E-state index in [4.69, 9.17) is 0 Å². The molecule has 0 atom stereocenters. The van der Waals surface area contributed by atoms with Crippen LogP contribution in [-0.2, 0) is 5.41 Å². The zero-order chi connectivity index (χ0) is 13.8. The van der Waals surface area contributed by atoms with Gasteiger partial charge in [-0.3, -0.25) is 4.90 Å². The highest BCUT2D eigenvalue weighted by atomic mass is 15.2. The molecule has 0 bridgehead atoms. The number of nitrogens with zero attached hydrogens (tertiary/aromatic N) is 2. The van der Waals surface area contributed by atoms with Gasteiger partial charge < -0.3 is 5.32 Å². The van der Waals surface area contributed by atoms with Crippen molar-refractivity contribution in [3.8, 4) is 6.07 Å². The largest absolute Gasteiger partial charge is 0.314 e. The summed E-state index contributed by atoms with van der Waals surface area (Å²) in [6, 6.07) is 13.7. The molecule has 1 aromatic carbocycles. The summed E-state index contributed by atoms with van der Waals surface area (Å²) < 4.78 is 0. The molecule has 1 saturated carbocycles. The molecule has 3 heteroatoms. The van der Waals surface area contributed by atoms with E-state index in [0.717, 1.165) is 51.9 Å². The Morgan fingerprint density at radius 1 is 1.10 bits per heavy atom. The second kappa shape index (κ2) is 5.95. The Morgan fingerprint density at radius 2 is 1.75 bits per heavy atom. The summed E-state index contributed by atoms with van der Waals surface area (Å²) in [7, 11) is 0. The summed E-state index contributed by atoms with van der Waals surface area (Å²) in [5.74, 6) is 0. The Bertz CT molecular complexity index is 463. The van der Waals surface area contributed by atoms with Crippen LogP contribution in [0, 0.1) is 11.3 Å². The second-order valence-electron chi connectivity index (χ2n) is 6.08. The Balaban J connectivity index is 1.68. The summed E-state index contributed by atoms with van der Waals surface area (Å²) in [4.78, 5) is 2.61. The van der Waals surface area contributed by atoms with Crippen LogP contribution < -0.4 is 5.32 Å². The van der Waals surface area contributed by atoms with Crippen molar-refractivity contribution >= 4 is 0 Å². The number of nitrogens with one attached hydrogen (secondary N) is 1. The van der Waals surface area contributed by atoms with Crippen LogP contribution in [0.5, 0.6) is 0 Å². The van der Waals surface area contributed by atoms with Crippen LogP contribution in [0.4, 0.5) is 0 Å². The van der Waals surface area contributed by atoms with Gasteiger partial charge in [-0.15, -0.1) is 0 Å². The van der Waals surface area contributed by atoms with Gasteiger partial charge in [-0.05, 0) is 31.2 Å².